The summed E-state index contributed by atoms with van der Waals surface area (Å²) in [5, 5.41) is 3.89. The first-order chi connectivity index (χ1) is 16.4. The predicted molar refractivity (Wildman–Crippen MR) is 146 cm³/mol. The van der Waals surface area contributed by atoms with Crippen LogP contribution in [0, 0.1) is 12.3 Å². The third-order valence-corrected chi connectivity index (χ3v) is 8.18. The Bertz CT molecular complexity index is 1430. The molecule has 1 heteroatoms. The molecule has 3 aromatic carbocycles. The number of hydrogen-bond acceptors (Lipinski definition) is 0. The Kier molecular flexibility index (Phi) is 5.28. The maximum atomic E-state index is 9.67. The zero-order chi connectivity index (χ0) is 25.2. The fourth-order valence-electron chi connectivity index (χ4n) is 5.89. The first-order valence-electron chi connectivity index (χ1n) is 13.4. The van der Waals surface area contributed by atoms with Crippen LogP contribution in [-0.2, 0) is 12.5 Å². The fraction of sp³-hybridized carbons (Fsp3) is 0.424. The summed E-state index contributed by atoms with van der Waals surface area (Å²) < 4.78 is 12.0. The number of para-hydroxylation sites is 1. The molecule has 0 bridgehead atoms. The summed E-state index contributed by atoms with van der Waals surface area (Å²) in [6.07, 6.45) is 4.04. The average Bonchev–Trinajstić information content (AvgIpc) is 2.82. The van der Waals surface area contributed by atoms with Gasteiger partial charge in [-0.25, -0.2) is 0 Å². The molecule has 1 aliphatic carbocycles. The van der Waals surface area contributed by atoms with E-state index in [2.05, 4.69) is 114 Å². The topological polar surface area (TPSA) is 3.88 Å². The van der Waals surface area contributed by atoms with E-state index in [0.717, 1.165) is 25.7 Å². The van der Waals surface area contributed by atoms with Gasteiger partial charge in [0, 0.05) is 24.5 Å². The second-order valence-corrected chi connectivity index (χ2v) is 12.2. The number of benzene rings is 3. The van der Waals surface area contributed by atoms with Gasteiger partial charge in [-0.05, 0) is 88.9 Å². The molecule has 0 aliphatic heterocycles. The molecule has 0 radical (unpaired) electrons. The molecule has 4 aromatic rings. The summed E-state index contributed by atoms with van der Waals surface area (Å²) in [7, 11) is 2.19. The maximum absolute atomic E-state index is 9.67. The van der Waals surface area contributed by atoms with Crippen LogP contribution >= 0.6 is 0 Å². The molecule has 0 spiro atoms. The SMILES string of the molecule is [2H]C1(c2cc(-c3cc(C(C)(C)C)c4ccccc4c3C)[n+](C)c3ccccc23)CCC(C)(C)CC1. The summed E-state index contributed by atoms with van der Waals surface area (Å²) in [5.74, 6) is -0.546. The van der Waals surface area contributed by atoms with Crippen LogP contribution in [0.15, 0.2) is 60.7 Å². The van der Waals surface area contributed by atoms with E-state index in [1.807, 2.05) is 0 Å². The van der Waals surface area contributed by atoms with E-state index in [0.29, 0.717) is 5.41 Å². The summed E-state index contributed by atoms with van der Waals surface area (Å²) in [6.45, 7) is 13.9. The molecule has 1 heterocycles. The Morgan fingerprint density at radius 2 is 1.47 bits per heavy atom. The van der Waals surface area contributed by atoms with Gasteiger partial charge in [-0.15, -0.1) is 0 Å². The molecule has 0 atom stereocenters. The van der Waals surface area contributed by atoms with Crippen LogP contribution < -0.4 is 4.57 Å². The Morgan fingerprint density at radius 3 is 2.12 bits per heavy atom. The van der Waals surface area contributed by atoms with Crippen molar-refractivity contribution in [1.29, 1.82) is 0 Å². The summed E-state index contributed by atoms with van der Waals surface area (Å²) in [5.41, 5.74) is 7.96. The lowest BCUT2D eigenvalue weighted by atomic mass is 9.70. The van der Waals surface area contributed by atoms with E-state index in [4.69, 9.17) is 0 Å². The van der Waals surface area contributed by atoms with Gasteiger partial charge in [0.2, 0.25) is 11.2 Å². The molecular formula is C33H40N+. The molecule has 1 aliphatic rings. The molecule has 1 nitrogen and oxygen atoms in total. The van der Waals surface area contributed by atoms with Crippen LogP contribution in [0.5, 0.6) is 0 Å². The van der Waals surface area contributed by atoms with E-state index in [1.54, 1.807) is 0 Å². The van der Waals surface area contributed by atoms with Gasteiger partial charge in [-0.1, -0.05) is 71.0 Å². The lowest BCUT2D eigenvalue weighted by Crippen LogP contribution is -2.33. The Morgan fingerprint density at radius 1 is 0.882 bits per heavy atom. The first-order valence-corrected chi connectivity index (χ1v) is 12.9. The van der Waals surface area contributed by atoms with Gasteiger partial charge < -0.3 is 0 Å². The van der Waals surface area contributed by atoms with E-state index in [1.165, 1.54) is 49.6 Å². The second-order valence-electron chi connectivity index (χ2n) is 12.2. The smallest absolute Gasteiger partial charge is 0.194 e. The van der Waals surface area contributed by atoms with Gasteiger partial charge in [0.15, 0.2) is 0 Å². The van der Waals surface area contributed by atoms with Crippen LogP contribution in [0.25, 0.3) is 32.9 Å². The van der Waals surface area contributed by atoms with Gasteiger partial charge in [-0.2, -0.15) is 4.57 Å². The molecule has 1 fully saturated rings. The summed E-state index contributed by atoms with van der Waals surface area (Å²) in [4.78, 5) is 0. The largest absolute Gasteiger partial charge is 0.213 e. The third kappa shape index (κ3) is 3.94. The highest BCUT2D eigenvalue weighted by atomic mass is 14.9. The fourth-order valence-corrected chi connectivity index (χ4v) is 5.89. The Labute approximate surface area is 207 Å². The van der Waals surface area contributed by atoms with Gasteiger partial charge >= 0.3 is 0 Å². The summed E-state index contributed by atoms with van der Waals surface area (Å²) in [6, 6.07) is 22.3. The molecular weight excluding hydrogens is 410 g/mol. The van der Waals surface area contributed by atoms with Crippen LogP contribution in [0.4, 0.5) is 0 Å². The quantitative estimate of drug-likeness (QED) is 0.268. The van der Waals surface area contributed by atoms with Crippen molar-refractivity contribution in [3.63, 3.8) is 0 Å². The van der Waals surface area contributed by atoms with Crippen molar-refractivity contribution in [3.05, 3.63) is 77.4 Å². The van der Waals surface area contributed by atoms with E-state index >= 15 is 0 Å². The number of aryl methyl sites for hydroxylation is 2. The number of pyridine rings is 1. The van der Waals surface area contributed by atoms with Crippen molar-refractivity contribution in [2.24, 2.45) is 12.5 Å². The Balaban J connectivity index is 1.82. The first kappa shape index (κ1) is 21.8. The highest BCUT2D eigenvalue weighted by Gasteiger charge is 2.31. The van der Waals surface area contributed by atoms with E-state index in [9.17, 15) is 1.37 Å². The number of aromatic nitrogens is 1. The minimum absolute atomic E-state index is 0.0336. The molecule has 176 valence electrons. The lowest BCUT2D eigenvalue weighted by Gasteiger charge is -2.34. The van der Waals surface area contributed by atoms with Crippen LogP contribution in [0.3, 0.4) is 0 Å². The zero-order valence-corrected chi connectivity index (χ0v) is 22.0. The van der Waals surface area contributed by atoms with Crippen molar-refractivity contribution >= 4 is 21.7 Å². The average molecular weight is 452 g/mol. The maximum Gasteiger partial charge on any atom is 0.213 e. The van der Waals surface area contributed by atoms with Crippen LogP contribution in [0.1, 0.15) is 84.3 Å². The minimum atomic E-state index is -0.546. The molecule has 1 aromatic heterocycles. The molecule has 34 heavy (non-hydrogen) atoms. The van der Waals surface area contributed by atoms with Crippen LogP contribution in [-0.4, -0.2) is 0 Å². The second kappa shape index (κ2) is 8.22. The standard InChI is InChI=1S/C33H40N/c1-22-24-12-8-9-13-25(24)29(32(2,3)4)20-27(22)31-21-28(23-16-18-33(5,6)19-17-23)26-14-10-11-15-30(26)34(31)7/h8-15,20-21,23H,16-19H2,1-7H3/q+1/i23D. The molecule has 0 N–H and O–H groups in total. The molecule has 0 saturated heterocycles. The van der Waals surface area contributed by atoms with Crippen molar-refractivity contribution in [2.45, 2.75) is 78.5 Å². The molecule has 5 rings (SSSR count). The normalized spacial score (nSPS) is 18.3. The number of nitrogens with zero attached hydrogens (tertiary/aromatic N) is 1. The molecule has 0 amide bonds. The predicted octanol–water partition coefficient (Wildman–Crippen LogP) is 8.77. The van der Waals surface area contributed by atoms with Crippen molar-refractivity contribution in [2.75, 3.05) is 0 Å². The highest BCUT2D eigenvalue weighted by molar-refractivity contribution is 5.95. The van der Waals surface area contributed by atoms with E-state index in [-0.39, 0.29) is 5.41 Å². The van der Waals surface area contributed by atoms with Gasteiger partial charge in [0.05, 0.1) is 0 Å². The van der Waals surface area contributed by atoms with Gasteiger partial charge in [0.25, 0.3) is 0 Å². The van der Waals surface area contributed by atoms with Crippen molar-refractivity contribution < 1.29 is 5.94 Å². The summed E-state index contributed by atoms with van der Waals surface area (Å²) >= 11 is 0. The van der Waals surface area contributed by atoms with Crippen LogP contribution in [0.2, 0.25) is 0 Å². The van der Waals surface area contributed by atoms with Crippen molar-refractivity contribution in [3.8, 4) is 11.3 Å². The lowest BCUT2D eigenvalue weighted by molar-refractivity contribution is -0.633. The number of fused-ring (bicyclic) bond motifs is 2. The Hall–Kier alpha value is -2.67. The molecule has 1 saturated carbocycles. The monoisotopic (exact) mass is 451 g/mol. The van der Waals surface area contributed by atoms with Crippen molar-refractivity contribution in [1.82, 2.24) is 0 Å². The highest BCUT2D eigenvalue weighted by Crippen LogP contribution is 2.45. The van der Waals surface area contributed by atoms with Gasteiger partial charge in [-0.3, -0.25) is 0 Å². The number of rotatable bonds is 2. The molecule has 0 unspecified atom stereocenters. The number of hydrogen-bond donors (Lipinski definition) is 0. The van der Waals surface area contributed by atoms with Gasteiger partial charge in [0.1, 0.15) is 7.05 Å². The third-order valence-electron chi connectivity index (χ3n) is 8.18. The zero-order valence-electron chi connectivity index (χ0n) is 23.0. The van der Waals surface area contributed by atoms with E-state index < -0.39 is 5.89 Å². The minimum Gasteiger partial charge on any atom is -0.194 e.